The molecule has 0 amide bonds. The van der Waals surface area contributed by atoms with Gasteiger partial charge in [-0.2, -0.15) is 0 Å². The van der Waals surface area contributed by atoms with Gasteiger partial charge in [0.15, 0.2) is 0 Å². The Kier molecular flexibility index (Phi) is 2.39. The minimum atomic E-state index is 0.376. The van der Waals surface area contributed by atoms with E-state index in [2.05, 4.69) is 6.07 Å². The van der Waals surface area contributed by atoms with E-state index in [1.807, 2.05) is 36.4 Å². The third-order valence-electron chi connectivity index (χ3n) is 2.00. The third kappa shape index (κ3) is 1.77. The average molecular weight is 252 g/mol. The van der Waals surface area contributed by atoms with Gasteiger partial charge in [-0.25, -0.2) is 0 Å². The van der Waals surface area contributed by atoms with Gasteiger partial charge in [-0.15, -0.1) is 0 Å². The van der Waals surface area contributed by atoms with Gasteiger partial charge in [-0.1, -0.05) is 0 Å². The first-order chi connectivity index (χ1) is 6.27. The molecule has 2 heteroatoms. The van der Waals surface area contributed by atoms with Crippen molar-refractivity contribution in [3.8, 4) is 0 Å². The van der Waals surface area contributed by atoms with E-state index < -0.39 is 0 Å². The molecule has 0 aliphatic carbocycles. The Labute approximate surface area is 87.4 Å². The molecular formula is C11H8MoO. The number of benzene rings is 2. The van der Waals surface area contributed by atoms with Crippen LogP contribution in [0.1, 0.15) is 5.56 Å². The first-order valence-corrected chi connectivity index (χ1v) is 5.00. The average Bonchev–Trinajstić information content (AvgIpc) is 2.17. The summed E-state index contributed by atoms with van der Waals surface area (Å²) in [6.07, 6.45) is 0. The standard InChI is InChI=1S/C11H8O.Mo/c12-8-9-5-6-10-3-1-2-4-11(10)7-9;/h1-7,12H;. The van der Waals surface area contributed by atoms with Crippen LogP contribution in [0.25, 0.3) is 10.8 Å². The number of aliphatic hydroxyl groups excluding tert-OH is 1. The van der Waals surface area contributed by atoms with E-state index in [1.54, 1.807) is 19.4 Å². The SMILES string of the molecule is O[C](=[Mo])c1ccc2ccccc2c1. The number of rotatable bonds is 1. The maximum atomic E-state index is 9.30. The molecule has 0 aromatic heterocycles. The zero-order valence-electron chi connectivity index (χ0n) is 6.90. The molecule has 2 aromatic rings. The predicted octanol–water partition coefficient (Wildman–Crippen LogP) is 2.24. The molecule has 0 aliphatic heterocycles. The zero-order chi connectivity index (χ0) is 9.26. The molecule has 0 fully saturated rings. The summed E-state index contributed by atoms with van der Waals surface area (Å²) in [6.45, 7) is 0. The van der Waals surface area contributed by atoms with Crippen molar-refractivity contribution in [1.29, 1.82) is 0 Å². The fourth-order valence-corrected chi connectivity index (χ4v) is 1.63. The molecule has 0 spiro atoms. The molecular weight excluding hydrogens is 244 g/mol. The zero-order valence-corrected chi connectivity index (χ0v) is 8.90. The summed E-state index contributed by atoms with van der Waals surface area (Å²) < 4.78 is 0.376. The molecule has 1 N–H and O–H groups in total. The van der Waals surface area contributed by atoms with Gasteiger partial charge in [0.2, 0.25) is 0 Å². The van der Waals surface area contributed by atoms with Crippen molar-refractivity contribution in [2.45, 2.75) is 0 Å². The van der Waals surface area contributed by atoms with Crippen molar-refractivity contribution in [3.05, 3.63) is 48.0 Å². The third-order valence-corrected chi connectivity index (χ3v) is 2.58. The van der Waals surface area contributed by atoms with E-state index in [0.717, 1.165) is 10.9 Å². The minimum absolute atomic E-state index is 0.376. The van der Waals surface area contributed by atoms with Gasteiger partial charge in [-0.3, -0.25) is 0 Å². The van der Waals surface area contributed by atoms with Crippen LogP contribution in [-0.2, 0) is 19.4 Å². The van der Waals surface area contributed by atoms with Crippen LogP contribution in [0.4, 0.5) is 0 Å². The molecule has 0 aliphatic rings. The summed E-state index contributed by atoms with van der Waals surface area (Å²) in [5, 5.41) is 11.7. The summed E-state index contributed by atoms with van der Waals surface area (Å²) in [4.78, 5) is 0. The van der Waals surface area contributed by atoms with Crippen LogP contribution in [0.5, 0.6) is 0 Å². The van der Waals surface area contributed by atoms with Crippen LogP contribution in [0.3, 0.4) is 0 Å². The van der Waals surface area contributed by atoms with Crippen molar-refractivity contribution in [3.63, 3.8) is 0 Å². The Hall–Kier alpha value is -0.782. The number of fused-ring (bicyclic) bond motifs is 1. The molecule has 2 aromatic carbocycles. The first kappa shape index (κ1) is 8.80. The Morgan fingerprint density at radius 3 is 2.38 bits per heavy atom. The fraction of sp³-hybridized carbons (Fsp3) is 0. The van der Waals surface area contributed by atoms with Crippen LogP contribution in [0, 0.1) is 0 Å². The van der Waals surface area contributed by atoms with Gasteiger partial charge in [0.1, 0.15) is 0 Å². The fourth-order valence-electron chi connectivity index (χ4n) is 1.32. The molecule has 0 saturated carbocycles. The van der Waals surface area contributed by atoms with Crippen molar-refractivity contribution < 1.29 is 24.5 Å². The normalized spacial score (nSPS) is 10.2. The Morgan fingerprint density at radius 2 is 1.69 bits per heavy atom. The van der Waals surface area contributed by atoms with E-state index in [9.17, 15) is 5.11 Å². The monoisotopic (exact) mass is 254 g/mol. The first-order valence-electron chi connectivity index (χ1n) is 3.99. The Balaban J connectivity index is 2.69. The molecule has 0 saturated heterocycles. The number of hydrogen-bond acceptors (Lipinski definition) is 1. The quantitative estimate of drug-likeness (QED) is 0.772. The van der Waals surface area contributed by atoms with Gasteiger partial charge in [-0.05, 0) is 0 Å². The van der Waals surface area contributed by atoms with E-state index >= 15 is 0 Å². The molecule has 64 valence electrons. The Bertz CT molecular complexity index is 462. The van der Waals surface area contributed by atoms with E-state index in [4.69, 9.17) is 0 Å². The summed E-state index contributed by atoms with van der Waals surface area (Å²) in [5.41, 5.74) is 0.892. The van der Waals surface area contributed by atoms with E-state index in [-0.39, 0.29) is 0 Å². The molecule has 0 radical (unpaired) electrons. The predicted molar refractivity (Wildman–Crippen MR) is 50.0 cm³/mol. The molecule has 0 unspecified atom stereocenters. The molecule has 0 bridgehead atoms. The second-order valence-electron chi connectivity index (χ2n) is 2.87. The van der Waals surface area contributed by atoms with E-state index in [0.29, 0.717) is 4.08 Å². The van der Waals surface area contributed by atoms with Crippen LogP contribution < -0.4 is 0 Å². The Morgan fingerprint density at radius 1 is 1.00 bits per heavy atom. The van der Waals surface area contributed by atoms with E-state index in [1.165, 1.54) is 5.39 Å². The van der Waals surface area contributed by atoms with Crippen LogP contribution in [0.15, 0.2) is 42.5 Å². The number of aliphatic hydroxyl groups is 1. The van der Waals surface area contributed by atoms with Gasteiger partial charge in [0.25, 0.3) is 0 Å². The van der Waals surface area contributed by atoms with Crippen molar-refractivity contribution >= 4 is 14.9 Å². The van der Waals surface area contributed by atoms with Crippen molar-refractivity contribution in [1.82, 2.24) is 0 Å². The topological polar surface area (TPSA) is 20.2 Å². The van der Waals surface area contributed by atoms with Crippen molar-refractivity contribution in [2.75, 3.05) is 0 Å². The molecule has 0 atom stereocenters. The second kappa shape index (κ2) is 3.53. The van der Waals surface area contributed by atoms with Gasteiger partial charge < -0.3 is 0 Å². The van der Waals surface area contributed by atoms with Gasteiger partial charge >= 0.3 is 87.3 Å². The van der Waals surface area contributed by atoms with Gasteiger partial charge in [0.05, 0.1) is 0 Å². The molecule has 13 heavy (non-hydrogen) atoms. The molecule has 2 rings (SSSR count). The summed E-state index contributed by atoms with van der Waals surface area (Å²) in [5.74, 6) is 0. The second-order valence-corrected chi connectivity index (χ2v) is 3.82. The summed E-state index contributed by atoms with van der Waals surface area (Å²) in [7, 11) is 0. The maximum absolute atomic E-state index is 9.30. The van der Waals surface area contributed by atoms with Crippen LogP contribution >= 0.6 is 0 Å². The van der Waals surface area contributed by atoms with Crippen LogP contribution in [0.2, 0.25) is 0 Å². The molecule has 1 nitrogen and oxygen atoms in total. The molecule has 0 heterocycles. The summed E-state index contributed by atoms with van der Waals surface area (Å²) in [6, 6.07) is 14.1. The number of hydrogen-bond donors (Lipinski definition) is 1. The summed E-state index contributed by atoms with van der Waals surface area (Å²) >= 11 is 1.63. The van der Waals surface area contributed by atoms with Crippen LogP contribution in [-0.4, -0.2) is 9.19 Å². The van der Waals surface area contributed by atoms with Gasteiger partial charge in [0, 0.05) is 0 Å². The van der Waals surface area contributed by atoms with Crippen molar-refractivity contribution in [2.24, 2.45) is 0 Å².